The lowest BCUT2D eigenvalue weighted by atomic mass is 10.1. The second-order valence-electron chi connectivity index (χ2n) is 4.08. The van der Waals surface area contributed by atoms with Crippen LogP contribution in [0.2, 0.25) is 0 Å². The van der Waals surface area contributed by atoms with Gasteiger partial charge in [-0.25, -0.2) is 18.4 Å². The van der Waals surface area contributed by atoms with E-state index in [-0.39, 0.29) is 12.1 Å². The summed E-state index contributed by atoms with van der Waals surface area (Å²) in [6.45, 7) is 0. The standard InChI is InChI=1S/C12H12F2N2O5/c13-6-3-7(14)5-8(4-6)15-12(21)16-9(11(19)20)1-2-10(17)18/h3-5,9H,1-2H2,(H,17,18)(H,19,20)(H2,15,16,21). The third kappa shape index (κ3) is 5.85. The summed E-state index contributed by atoms with van der Waals surface area (Å²) >= 11 is 0. The summed E-state index contributed by atoms with van der Waals surface area (Å²) < 4.78 is 25.8. The van der Waals surface area contributed by atoms with Crippen molar-refractivity contribution in [3.05, 3.63) is 29.8 Å². The Bertz CT molecular complexity index is 544. The number of rotatable bonds is 6. The van der Waals surface area contributed by atoms with E-state index in [2.05, 4.69) is 5.32 Å². The Morgan fingerprint density at radius 3 is 2.14 bits per heavy atom. The van der Waals surface area contributed by atoms with Gasteiger partial charge in [-0.1, -0.05) is 0 Å². The van der Waals surface area contributed by atoms with Gasteiger partial charge in [0.1, 0.15) is 17.7 Å². The topological polar surface area (TPSA) is 116 Å². The Hall–Kier alpha value is -2.71. The van der Waals surface area contributed by atoms with E-state index in [9.17, 15) is 23.2 Å². The van der Waals surface area contributed by atoms with Gasteiger partial charge >= 0.3 is 18.0 Å². The first-order valence-electron chi connectivity index (χ1n) is 5.76. The number of carboxylic acid groups (broad SMARTS) is 2. The number of anilines is 1. The molecule has 114 valence electrons. The number of urea groups is 1. The molecule has 9 heteroatoms. The van der Waals surface area contributed by atoms with Crippen LogP contribution in [0.5, 0.6) is 0 Å². The molecule has 1 atom stereocenters. The zero-order valence-electron chi connectivity index (χ0n) is 10.6. The Kier molecular flexibility index (Phi) is 5.58. The van der Waals surface area contributed by atoms with Crippen LogP contribution in [-0.4, -0.2) is 34.2 Å². The largest absolute Gasteiger partial charge is 0.481 e. The molecule has 1 aromatic carbocycles. The van der Waals surface area contributed by atoms with E-state index >= 15 is 0 Å². The van der Waals surface area contributed by atoms with Crippen molar-refractivity contribution in [3.8, 4) is 0 Å². The van der Waals surface area contributed by atoms with Gasteiger partial charge in [0.05, 0.1) is 0 Å². The van der Waals surface area contributed by atoms with E-state index in [4.69, 9.17) is 10.2 Å². The van der Waals surface area contributed by atoms with Crippen molar-refractivity contribution in [1.82, 2.24) is 5.32 Å². The van der Waals surface area contributed by atoms with Crippen LogP contribution in [0, 0.1) is 11.6 Å². The molecule has 1 unspecified atom stereocenters. The molecule has 0 heterocycles. The minimum Gasteiger partial charge on any atom is -0.481 e. The smallest absolute Gasteiger partial charge is 0.326 e. The fourth-order valence-electron chi connectivity index (χ4n) is 1.48. The summed E-state index contributed by atoms with van der Waals surface area (Å²) in [6, 6.07) is -0.154. The van der Waals surface area contributed by atoms with E-state index in [1.54, 1.807) is 0 Å². The second kappa shape index (κ2) is 7.17. The molecule has 4 N–H and O–H groups in total. The molecule has 0 fully saturated rings. The van der Waals surface area contributed by atoms with Gasteiger partial charge in [-0.05, 0) is 18.6 Å². The predicted molar refractivity (Wildman–Crippen MR) is 66.8 cm³/mol. The molecule has 1 aromatic rings. The summed E-state index contributed by atoms with van der Waals surface area (Å²) in [6.07, 6.45) is -0.776. The highest BCUT2D eigenvalue weighted by Gasteiger charge is 2.21. The number of hydrogen-bond donors (Lipinski definition) is 4. The van der Waals surface area contributed by atoms with Gasteiger partial charge in [-0.2, -0.15) is 0 Å². The first-order chi connectivity index (χ1) is 9.77. The SMILES string of the molecule is O=C(O)CCC(NC(=O)Nc1cc(F)cc(F)c1)C(=O)O. The Labute approximate surface area is 117 Å². The van der Waals surface area contributed by atoms with E-state index < -0.39 is 42.1 Å². The number of carbonyl (C=O) groups excluding carboxylic acids is 1. The number of carboxylic acids is 2. The molecule has 0 saturated carbocycles. The van der Waals surface area contributed by atoms with Gasteiger partial charge in [-0.15, -0.1) is 0 Å². The van der Waals surface area contributed by atoms with Crippen LogP contribution < -0.4 is 10.6 Å². The maximum atomic E-state index is 12.9. The van der Waals surface area contributed by atoms with E-state index in [0.29, 0.717) is 6.07 Å². The van der Waals surface area contributed by atoms with Crippen molar-refractivity contribution >= 4 is 23.7 Å². The molecule has 0 aliphatic rings. The van der Waals surface area contributed by atoms with Gasteiger partial charge in [-0.3, -0.25) is 4.79 Å². The van der Waals surface area contributed by atoms with Crippen molar-refractivity contribution in [2.75, 3.05) is 5.32 Å². The molecule has 0 spiro atoms. The lowest BCUT2D eigenvalue weighted by Crippen LogP contribution is -2.43. The molecule has 21 heavy (non-hydrogen) atoms. The summed E-state index contributed by atoms with van der Waals surface area (Å²) in [7, 11) is 0. The predicted octanol–water partition coefficient (Wildman–Crippen LogP) is 1.40. The molecule has 0 aliphatic heterocycles. The molecule has 1 rings (SSSR count). The van der Waals surface area contributed by atoms with Crippen LogP contribution in [0.1, 0.15) is 12.8 Å². The number of aliphatic carboxylic acids is 2. The number of amides is 2. The monoisotopic (exact) mass is 302 g/mol. The quantitative estimate of drug-likeness (QED) is 0.634. The van der Waals surface area contributed by atoms with Gasteiger partial charge in [0.15, 0.2) is 0 Å². The van der Waals surface area contributed by atoms with Crippen LogP contribution in [-0.2, 0) is 9.59 Å². The normalized spacial score (nSPS) is 11.5. The zero-order valence-corrected chi connectivity index (χ0v) is 10.6. The molecular weight excluding hydrogens is 290 g/mol. The maximum absolute atomic E-state index is 12.9. The summed E-state index contributed by atoms with van der Waals surface area (Å²) in [4.78, 5) is 32.7. The van der Waals surface area contributed by atoms with Gasteiger partial charge < -0.3 is 20.8 Å². The first kappa shape index (κ1) is 16.3. The molecule has 7 nitrogen and oxygen atoms in total. The Morgan fingerprint density at radius 2 is 1.67 bits per heavy atom. The maximum Gasteiger partial charge on any atom is 0.326 e. The fraction of sp³-hybridized carbons (Fsp3) is 0.250. The third-order valence-corrected chi connectivity index (χ3v) is 2.37. The lowest BCUT2D eigenvalue weighted by molar-refractivity contribution is -0.140. The van der Waals surface area contributed by atoms with Crippen molar-refractivity contribution in [3.63, 3.8) is 0 Å². The number of halogens is 2. The number of carbonyl (C=O) groups is 3. The van der Waals surface area contributed by atoms with Crippen LogP contribution in [0.15, 0.2) is 18.2 Å². The van der Waals surface area contributed by atoms with E-state index in [0.717, 1.165) is 12.1 Å². The van der Waals surface area contributed by atoms with E-state index in [1.165, 1.54) is 0 Å². The molecule has 2 amide bonds. The van der Waals surface area contributed by atoms with Crippen LogP contribution in [0.3, 0.4) is 0 Å². The average Bonchev–Trinajstić information content (AvgIpc) is 2.32. The third-order valence-electron chi connectivity index (χ3n) is 2.37. The second-order valence-corrected chi connectivity index (χ2v) is 4.08. The molecule has 0 aliphatic carbocycles. The van der Waals surface area contributed by atoms with Crippen LogP contribution in [0.25, 0.3) is 0 Å². The first-order valence-corrected chi connectivity index (χ1v) is 5.76. The van der Waals surface area contributed by atoms with Crippen molar-refractivity contribution in [1.29, 1.82) is 0 Å². The number of nitrogens with one attached hydrogen (secondary N) is 2. The van der Waals surface area contributed by atoms with Crippen LogP contribution >= 0.6 is 0 Å². The Morgan fingerprint density at radius 1 is 1.10 bits per heavy atom. The van der Waals surface area contributed by atoms with Gasteiger partial charge in [0.2, 0.25) is 0 Å². The van der Waals surface area contributed by atoms with Gasteiger partial charge in [0.25, 0.3) is 0 Å². The molecule has 0 bridgehead atoms. The summed E-state index contributed by atoms with van der Waals surface area (Å²) in [5, 5.41) is 21.4. The minimum absolute atomic E-state index is 0.202. The highest BCUT2D eigenvalue weighted by molar-refractivity contribution is 5.92. The minimum atomic E-state index is -1.43. The molecule has 0 saturated heterocycles. The molecule has 0 aromatic heterocycles. The highest BCUT2D eigenvalue weighted by atomic mass is 19.1. The zero-order chi connectivity index (χ0) is 16.0. The van der Waals surface area contributed by atoms with Crippen molar-refractivity contribution in [2.45, 2.75) is 18.9 Å². The number of hydrogen-bond acceptors (Lipinski definition) is 3. The highest BCUT2D eigenvalue weighted by Crippen LogP contribution is 2.12. The van der Waals surface area contributed by atoms with Gasteiger partial charge in [0, 0.05) is 18.2 Å². The fourth-order valence-corrected chi connectivity index (χ4v) is 1.48. The number of benzene rings is 1. The van der Waals surface area contributed by atoms with E-state index in [1.807, 2.05) is 5.32 Å². The molecule has 0 radical (unpaired) electrons. The summed E-state index contributed by atoms with van der Waals surface area (Å²) in [5.74, 6) is -4.45. The lowest BCUT2D eigenvalue weighted by Gasteiger charge is -2.14. The Balaban J connectivity index is 2.65. The summed E-state index contributed by atoms with van der Waals surface area (Å²) in [5.41, 5.74) is -0.202. The van der Waals surface area contributed by atoms with Crippen molar-refractivity contribution in [2.24, 2.45) is 0 Å². The molecular formula is C12H12F2N2O5. The van der Waals surface area contributed by atoms with Crippen molar-refractivity contribution < 1.29 is 33.4 Å². The van der Waals surface area contributed by atoms with Crippen LogP contribution in [0.4, 0.5) is 19.3 Å². The average molecular weight is 302 g/mol.